The summed E-state index contributed by atoms with van der Waals surface area (Å²) in [4.78, 5) is 10.8. The average Bonchev–Trinajstić information content (AvgIpc) is 1.99. The first-order valence-electron chi connectivity index (χ1n) is 3.28. The molecule has 0 radical (unpaired) electrons. The van der Waals surface area contributed by atoms with E-state index >= 15 is 0 Å². The van der Waals surface area contributed by atoms with Crippen LogP contribution in [-0.4, -0.2) is 5.91 Å². The third-order valence-electron chi connectivity index (χ3n) is 1.49. The van der Waals surface area contributed by atoms with Crippen molar-refractivity contribution in [1.82, 2.24) is 0 Å². The molecule has 1 amide bonds. The topological polar surface area (TPSA) is 43.1 Å². The van der Waals surface area contributed by atoms with Crippen LogP contribution in [0.4, 0.5) is 0 Å². The first kappa shape index (κ1) is 9.55. The van der Waals surface area contributed by atoms with Crippen molar-refractivity contribution in [2.75, 3.05) is 0 Å². The van der Waals surface area contributed by atoms with E-state index in [1.165, 1.54) is 0 Å². The van der Waals surface area contributed by atoms with E-state index in [2.05, 4.69) is 15.9 Å². The summed E-state index contributed by atoms with van der Waals surface area (Å²) in [6, 6.07) is 3.27. The van der Waals surface area contributed by atoms with Crippen LogP contribution in [0.3, 0.4) is 0 Å². The van der Waals surface area contributed by atoms with Crippen molar-refractivity contribution >= 4 is 33.4 Å². The summed E-state index contributed by atoms with van der Waals surface area (Å²) in [7, 11) is 0. The number of rotatable bonds is 1. The number of hydrogen-bond acceptors (Lipinski definition) is 1. The van der Waals surface area contributed by atoms with Gasteiger partial charge in [-0.1, -0.05) is 11.6 Å². The quantitative estimate of drug-likeness (QED) is 0.815. The largest absolute Gasteiger partial charge is 0.366 e. The maximum Gasteiger partial charge on any atom is 0.248 e. The molecule has 1 rings (SSSR count). The van der Waals surface area contributed by atoms with Crippen molar-refractivity contribution in [3.63, 3.8) is 0 Å². The SMILES string of the molecule is Cc1cc(C(N)=O)cc(Br)c1Cl. The molecule has 0 saturated heterocycles. The molecular weight excluding hydrogens is 241 g/mol. The van der Waals surface area contributed by atoms with Gasteiger partial charge in [-0.3, -0.25) is 4.79 Å². The Labute approximate surface area is 83.8 Å². The fourth-order valence-corrected chi connectivity index (χ4v) is 1.54. The van der Waals surface area contributed by atoms with Crippen LogP contribution in [0.5, 0.6) is 0 Å². The van der Waals surface area contributed by atoms with Crippen LogP contribution < -0.4 is 5.73 Å². The fraction of sp³-hybridized carbons (Fsp3) is 0.125. The zero-order chi connectivity index (χ0) is 9.30. The molecule has 4 heteroatoms. The van der Waals surface area contributed by atoms with Gasteiger partial charge in [-0.05, 0) is 40.5 Å². The Balaban J connectivity index is 3.31. The number of nitrogens with two attached hydrogens (primary N) is 1. The molecule has 1 aromatic carbocycles. The minimum atomic E-state index is -0.449. The van der Waals surface area contributed by atoms with E-state index in [1.54, 1.807) is 12.1 Å². The summed E-state index contributed by atoms with van der Waals surface area (Å²) in [5.74, 6) is -0.449. The van der Waals surface area contributed by atoms with Gasteiger partial charge in [-0.25, -0.2) is 0 Å². The van der Waals surface area contributed by atoms with Crippen molar-refractivity contribution < 1.29 is 4.79 Å². The second-order valence-corrected chi connectivity index (χ2v) is 3.69. The molecule has 0 aliphatic rings. The summed E-state index contributed by atoms with van der Waals surface area (Å²) in [6.07, 6.45) is 0. The van der Waals surface area contributed by atoms with Crippen LogP contribution in [0.25, 0.3) is 0 Å². The molecule has 0 fully saturated rings. The monoisotopic (exact) mass is 247 g/mol. The second kappa shape index (κ2) is 3.46. The number of carbonyl (C=O) groups is 1. The van der Waals surface area contributed by atoms with E-state index in [-0.39, 0.29) is 0 Å². The zero-order valence-electron chi connectivity index (χ0n) is 6.40. The highest BCUT2D eigenvalue weighted by Crippen LogP contribution is 2.27. The Hall–Kier alpha value is -0.540. The van der Waals surface area contributed by atoms with E-state index in [9.17, 15) is 4.79 Å². The van der Waals surface area contributed by atoms with Gasteiger partial charge >= 0.3 is 0 Å². The molecule has 0 heterocycles. The van der Waals surface area contributed by atoms with Crippen molar-refractivity contribution in [3.8, 4) is 0 Å². The Morgan fingerprint density at radius 2 is 2.17 bits per heavy atom. The number of carbonyl (C=O) groups excluding carboxylic acids is 1. The van der Waals surface area contributed by atoms with Crippen molar-refractivity contribution in [2.45, 2.75) is 6.92 Å². The van der Waals surface area contributed by atoms with Crippen molar-refractivity contribution in [2.24, 2.45) is 5.73 Å². The molecule has 0 unspecified atom stereocenters. The molecule has 0 spiro atoms. The minimum Gasteiger partial charge on any atom is -0.366 e. The molecular formula is C8H7BrClNO. The third kappa shape index (κ3) is 1.79. The fourth-order valence-electron chi connectivity index (χ4n) is 0.869. The van der Waals surface area contributed by atoms with E-state index in [0.29, 0.717) is 15.1 Å². The number of hydrogen-bond donors (Lipinski definition) is 1. The van der Waals surface area contributed by atoms with Gasteiger partial charge in [0.25, 0.3) is 0 Å². The van der Waals surface area contributed by atoms with E-state index in [1.807, 2.05) is 6.92 Å². The van der Waals surface area contributed by atoms with Gasteiger partial charge in [-0.2, -0.15) is 0 Å². The van der Waals surface area contributed by atoms with E-state index in [0.717, 1.165) is 5.56 Å². The summed E-state index contributed by atoms with van der Waals surface area (Å²) in [6.45, 7) is 1.82. The number of primary amides is 1. The highest BCUT2D eigenvalue weighted by atomic mass is 79.9. The maximum absolute atomic E-state index is 10.8. The van der Waals surface area contributed by atoms with Gasteiger partial charge in [0.15, 0.2) is 0 Å². The van der Waals surface area contributed by atoms with Gasteiger partial charge < -0.3 is 5.73 Å². The first-order valence-corrected chi connectivity index (χ1v) is 4.45. The van der Waals surface area contributed by atoms with Gasteiger partial charge in [0.05, 0.1) is 5.02 Å². The molecule has 0 aliphatic carbocycles. The molecule has 0 bridgehead atoms. The molecule has 12 heavy (non-hydrogen) atoms. The van der Waals surface area contributed by atoms with Gasteiger partial charge in [0.1, 0.15) is 0 Å². The average molecular weight is 249 g/mol. The lowest BCUT2D eigenvalue weighted by molar-refractivity contribution is 0.1000. The van der Waals surface area contributed by atoms with Crippen molar-refractivity contribution in [3.05, 3.63) is 32.8 Å². The second-order valence-electron chi connectivity index (χ2n) is 2.45. The lowest BCUT2D eigenvalue weighted by Crippen LogP contribution is -2.11. The van der Waals surface area contributed by atoms with Crippen LogP contribution in [0.15, 0.2) is 16.6 Å². The summed E-state index contributed by atoms with van der Waals surface area (Å²) in [5.41, 5.74) is 6.39. The van der Waals surface area contributed by atoms with Crippen LogP contribution >= 0.6 is 27.5 Å². The van der Waals surface area contributed by atoms with Crippen LogP contribution in [-0.2, 0) is 0 Å². The number of benzene rings is 1. The molecule has 0 saturated carbocycles. The highest BCUT2D eigenvalue weighted by Gasteiger charge is 2.06. The lowest BCUT2D eigenvalue weighted by Gasteiger charge is -2.02. The molecule has 64 valence electrons. The smallest absolute Gasteiger partial charge is 0.248 e. The Kier molecular flexibility index (Phi) is 2.75. The number of amides is 1. The standard InChI is InChI=1S/C8H7BrClNO/c1-4-2-5(8(11)12)3-6(9)7(4)10/h2-3H,1H3,(H2,11,12). The Morgan fingerprint density at radius 3 is 2.58 bits per heavy atom. The third-order valence-corrected chi connectivity index (χ3v) is 2.85. The molecule has 0 atom stereocenters. The summed E-state index contributed by atoms with van der Waals surface area (Å²) in [5, 5.41) is 0.611. The highest BCUT2D eigenvalue weighted by molar-refractivity contribution is 9.10. The molecule has 1 aromatic rings. The number of aryl methyl sites for hydroxylation is 1. The van der Waals surface area contributed by atoms with Crippen LogP contribution in [0, 0.1) is 6.92 Å². The Morgan fingerprint density at radius 1 is 1.58 bits per heavy atom. The van der Waals surface area contributed by atoms with Gasteiger partial charge in [-0.15, -0.1) is 0 Å². The van der Waals surface area contributed by atoms with Crippen LogP contribution in [0.1, 0.15) is 15.9 Å². The summed E-state index contributed by atoms with van der Waals surface area (Å²) >= 11 is 9.08. The minimum absolute atomic E-state index is 0.449. The Bertz CT molecular complexity index is 315. The summed E-state index contributed by atoms with van der Waals surface area (Å²) < 4.78 is 0.693. The molecule has 0 aliphatic heterocycles. The van der Waals surface area contributed by atoms with E-state index in [4.69, 9.17) is 17.3 Å². The van der Waals surface area contributed by atoms with Crippen molar-refractivity contribution in [1.29, 1.82) is 0 Å². The lowest BCUT2D eigenvalue weighted by atomic mass is 10.1. The first-order chi connectivity index (χ1) is 5.52. The zero-order valence-corrected chi connectivity index (χ0v) is 8.74. The van der Waals surface area contributed by atoms with Gasteiger partial charge in [0.2, 0.25) is 5.91 Å². The predicted octanol–water partition coefficient (Wildman–Crippen LogP) is 2.51. The van der Waals surface area contributed by atoms with Crippen LogP contribution in [0.2, 0.25) is 5.02 Å². The van der Waals surface area contributed by atoms with E-state index < -0.39 is 5.91 Å². The molecule has 0 aromatic heterocycles. The number of halogens is 2. The predicted molar refractivity (Wildman–Crippen MR) is 52.4 cm³/mol. The molecule has 2 nitrogen and oxygen atoms in total. The maximum atomic E-state index is 10.8. The van der Waals surface area contributed by atoms with Gasteiger partial charge in [0, 0.05) is 10.0 Å². The normalized spacial score (nSPS) is 9.92. The molecule has 2 N–H and O–H groups in total.